The van der Waals surface area contributed by atoms with Gasteiger partial charge in [0.15, 0.2) is 0 Å². The highest BCUT2D eigenvalue weighted by molar-refractivity contribution is 5.37. The zero-order chi connectivity index (χ0) is 18.0. The Bertz CT molecular complexity index is 745. The number of hydrogen-bond donors (Lipinski definition) is 2. The first-order valence-electron chi connectivity index (χ1n) is 9.82. The van der Waals surface area contributed by atoms with Gasteiger partial charge >= 0.3 is 0 Å². The largest absolute Gasteiger partial charge is 0.394 e. The summed E-state index contributed by atoms with van der Waals surface area (Å²) in [5.74, 6) is 0.490. The number of nitrogens with two attached hydrogens (primary N) is 1. The van der Waals surface area contributed by atoms with Crippen LogP contribution in [0.3, 0.4) is 0 Å². The number of aliphatic hydroxyl groups excluding tert-OH is 1. The fraction of sp³-hybridized carbons (Fsp3) is 0.478. The van der Waals surface area contributed by atoms with Crippen molar-refractivity contribution in [3.63, 3.8) is 0 Å². The van der Waals surface area contributed by atoms with Gasteiger partial charge in [0.05, 0.1) is 19.3 Å². The lowest BCUT2D eigenvalue weighted by molar-refractivity contribution is 0.0319. The van der Waals surface area contributed by atoms with Crippen LogP contribution in [-0.2, 0) is 24.2 Å². The van der Waals surface area contributed by atoms with Crippen molar-refractivity contribution in [3.8, 4) is 0 Å². The average Bonchev–Trinajstić information content (AvgIpc) is 3.09. The van der Waals surface area contributed by atoms with Gasteiger partial charge in [-0.05, 0) is 66.7 Å². The summed E-state index contributed by atoms with van der Waals surface area (Å²) in [6.07, 6.45) is 6.38. The zero-order valence-electron chi connectivity index (χ0n) is 15.4. The molecule has 0 radical (unpaired) electrons. The number of hydrogen-bond acceptors (Lipinski definition) is 3. The maximum atomic E-state index is 9.51. The summed E-state index contributed by atoms with van der Waals surface area (Å²) in [5.41, 5.74) is 11.4. The molecule has 3 N–H and O–H groups in total. The van der Waals surface area contributed by atoms with E-state index < -0.39 is 0 Å². The molecule has 0 aromatic heterocycles. The van der Waals surface area contributed by atoms with Gasteiger partial charge < -0.3 is 15.6 Å². The highest BCUT2D eigenvalue weighted by atomic mass is 16.5. The molecule has 0 heterocycles. The van der Waals surface area contributed by atoms with Crippen LogP contribution in [0.25, 0.3) is 0 Å². The van der Waals surface area contributed by atoms with E-state index in [0.29, 0.717) is 18.6 Å². The first-order chi connectivity index (χ1) is 12.6. The Kier molecular flexibility index (Phi) is 5.12. The molecule has 1 saturated carbocycles. The molecule has 3 heteroatoms. The molecule has 0 saturated heterocycles. The van der Waals surface area contributed by atoms with Gasteiger partial charge in [0.1, 0.15) is 0 Å². The summed E-state index contributed by atoms with van der Waals surface area (Å²) in [4.78, 5) is 0. The number of rotatable bonds is 5. The molecule has 138 valence electrons. The summed E-state index contributed by atoms with van der Waals surface area (Å²) in [5, 5.41) is 9.51. The van der Waals surface area contributed by atoms with E-state index in [-0.39, 0.29) is 12.1 Å². The molecule has 0 aliphatic heterocycles. The standard InChI is InChI=1S/C23H29NO2/c24-23(16-25)11-10-21(14-23)19-6-7-20-13-22(9-8-18(20)12-19)26-15-17-4-2-1-3-5-17/h1-7,12,21-22,25H,8-11,13-16,24H2/t21-,22-,23+/m0/s1. The highest BCUT2D eigenvalue weighted by Crippen LogP contribution is 2.40. The Morgan fingerprint density at radius 3 is 2.69 bits per heavy atom. The predicted molar refractivity (Wildman–Crippen MR) is 104 cm³/mol. The van der Waals surface area contributed by atoms with Gasteiger partial charge in [-0.15, -0.1) is 0 Å². The van der Waals surface area contributed by atoms with Crippen LogP contribution >= 0.6 is 0 Å². The second-order valence-corrected chi connectivity index (χ2v) is 8.15. The molecule has 2 aromatic carbocycles. The molecule has 0 unspecified atom stereocenters. The van der Waals surface area contributed by atoms with Gasteiger partial charge in [0, 0.05) is 5.54 Å². The Morgan fingerprint density at radius 1 is 1.08 bits per heavy atom. The molecule has 3 nitrogen and oxygen atoms in total. The summed E-state index contributed by atoms with van der Waals surface area (Å²) < 4.78 is 6.15. The van der Waals surface area contributed by atoms with Crippen LogP contribution in [0.15, 0.2) is 48.5 Å². The third-order valence-electron chi connectivity index (χ3n) is 6.17. The van der Waals surface area contributed by atoms with Gasteiger partial charge in [-0.25, -0.2) is 0 Å². The van der Waals surface area contributed by atoms with Crippen molar-refractivity contribution in [2.45, 2.75) is 62.7 Å². The van der Waals surface area contributed by atoms with Gasteiger partial charge in [-0.1, -0.05) is 48.5 Å². The molecule has 0 amide bonds. The van der Waals surface area contributed by atoms with E-state index in [9.17, 15) is 5.11 Å². The summed E-state index contributed by atoms with van der Waals surface area (Å²) in [7, 11) is 0. The van der Waals surface area contributed by atoms with E-state index in [0.717, 1.165) is 38.5 Å². The van der Waals surface area contributed by atoms with Crippen molar-refractivity contribution < 1.29 is 9.84 Å². The normalized spacial score (nSPS) is 28.1. The van der Waals surface area contributed by atoms with Gasteiger partial charge in [0.2, 0.25) is 0 Å². The molecule has 2 aliphatic rings. The fourth-order valence-corrected chi connectivity index (χ4v) is 4.51. The minimum atomic E-state index is -0.378. The van der Waals surface area contributed by atoms with Gasteiger partial charge in [-0.2, -0.15) is 0 Å². The first-order valence-corrected chi connectivity index (χ1v) is 9.82. The molecule has 3 atom stereocenters. The maximum absolute atomic E-state index is 9.51. The van der Waals surface area contributed by atoms with Gasteiger partial charge in [-0.3, -0.25) is 0 Å². The van der Waals surface area contributed by atoms with Crippen molar-refractivity contribution in [2.24, 2.45) is 5.73 Å². The Labute approximate surface area is 156 Å². The molecule has 0 spiro atoms. The Morgan fingerprint density at radius 2 is 1.92 bits per heavy atom. The number of ether oxygens (including phenoxy) is 1. The molecule has 26 heavy (non-hydrogen) atoms. The predicted octanol–water partition coefficient (Wildman–Crippen LogP) is 3.72. The van der Waals surface area contributed by atoms with Crippen LogP contribution in [0.1, 0.15) is 53.9 Å². The van der Waals surface area contributed by atoms with Crippen molar-refractivity contribution in [3.05, 3.63) is 70.8 Å². The second-order valence-electron chi connectivity index (χ2n) is 8.15. The molecule has 1 fully saturated rings. The first kappa shape index (κ1) is 17.7. The smallest absolute Gasteiger partial charge is 0.0720 e. The van der Waals surface area contributed by atoms with Crippen LogP contribution in [0.5, 0.6) is 0 Å². The van der Waals surface area contributed by atoms with Crippen molar-refractivity contribution in [1.82, 2.24) is 0 Å². The third-order valence-corrected chi connectivity index (χ3v) is 6.17. The average molecular weight is 351 g/mol. The van der Waals surface area contributed by atoms with Crippen LogP contribution < -0.4 is 5.73 Å². The number of benzene rings is 2. The second kappa shape index (κ2) is 7.51. The highest BCUT2D eigenvalue weighted by Gasteiger charge is 2.36. The van der Waals surface area contributed by atoms with Gasteiger partial charge in [0.25, 0.3) is 0 Å². The molecular formula is C23H29NO2. The zero-order valence-corrected chi connectivity index (χ0v) is 15.4. The van der Waals surface area contributed by atoms with Crippen molar-refractivity contribution >= 4 is 0 Å². The summed E-state index contributed by atoms with van der Waals surface area (Å²) in [6.45, 7) is 0.787. The Hall–Kier alpha value is -1.68. The minimum absolute atomic E-state index is 0.0921. The van der Waals surface area contributed by atoms with Crippen LogP contribution in [0, 0.1) is 0 Å². The summed E-state index contributed by atoms with van der Waals surface area (Å²) in [6, 6.07) is 17.3. The molecular weight excluding hydrogens is 322 g/mol. The van der Waals surface area contributed by atoms with E-state index in [1.807, 2.05) is 6.07 Å². The SMILES string of the molecule is N[C@]1(CO)CC[C@H](c2ccc3c(c2)CC[C@H](OCc2ccccc2)C3)C1. The van der Waals surface area contributed by atoms with E-state index in [1.54, 1.807) is 0 Å². The number of fused-ring (bicyclic) bond motifs is 1. The number of aliphatic hydroxyl groups is 1. The molecule has 4 rings (SSSR count). The molecule has 0 bridgehead atoms. The molecule has 2 aliphatic carbocycles. The topological polar surface area (TPSA) is 55.5 Å². The van der Waals surface area contributed by atoms with E-state index in [4.69, 9.17) is 10.5 Å². The quantitative estimate of drug-likeness (QED) is 0.863. The monoisotopic (exact) mass is 351 g/mol. The van der Waals surface area contributed by atoms with Crippen molar-refractivity contribution in [2.75, 3.05) is 6.61 Å². The van der Waals surface area contributed by atoms with E-state index >= 15 is 0 Å². The lowest BCUT2D eigenvalue weighted by atomic mass is 9.85. The maximum Gasteiger partial charge on any atom is 0.0720 e. The minimum Gasteiger partial charge on any atom is -0.394 e. The number of aryl methyl sites for hydroxylation is 1. The van der Waals surface area contributed by atoms with Crippen LogP contribution in [-0.4, -0.2) is 23.4 Å². The van der Waals surface area contributed by atoms with Crippen LogP contribution in [0.2, 0.25) is 0 Å². The fourth-order valence-electron chi connectivity index (χ4n) is 4.51. The van der Waals surface area contributed by atoms with E-state index in [2.05, 4.69) is 42.5 Å². The van der Waals surface area contributed by atoms with Crippen molar-refractivity contribution in [1.29, 1.82) is 0 Å². The third kappa shape index (κ3) is 3.85. The molecule has 2 aromatic rings. The summed E-state index contributed by atoms with van der Waals surface area (Å²) >= 11 is 0. The van der Waals surface area contributed by atoms with E-state index in [1.165, 1.54) is 22.3 Å². The Balaban J connectivity index is 1.38. The lowest BCUT2D eigenvalue weighted by Gasteiger charge is -2.26. The lowest BCUT2D eigenvalue weighted by Crippen LogP contribution is -2.40. The van der Waals surface area contributed by atoms with Crippen LogP contribution in [0.4, 0.5) is 0 Å².